The minimum Gasteiger partial charge on any atom is -0.494 e. The van der Waals surface area contributed by atoms with Crippen LogP contribution >= 0.6 is 0 Å². The van der Waals surface area contributed by atoms with Gasteiger partial charge in [0, 0.05) is 6.54 Å². The zero-order valence-corrected chi connectivity index (χ0v) is 12.7. The second-order valence-electron chi connectivity index (χ2n) is 5.17. The maximum Gasteiger partial charge on any atom is 0.305 e. The molecule has 1 aromatic rings. The zero-order chi connectivity index (χ0) is 15.9. The van der Waals surface area contributed by atoms with E-state index in [-0.39, 0.29) is 31.4 Å². The van der Waals surface area contributed by atoms with Gasteiger partial charge in [-0.2, -0.15) is 0 Å². The van der Waals surface area contributed by atoms with Crippen LogP contribution in [-0.2, 0) is 20.7 Å². The third-order valence-electron chi connectivity index (χ3n) is 3.55. The molecule has 0 radical (unpaired) electrons. The lowest BCUT2D eigenvalue weighted by molar-refractivity contribution is -0.145. The second kappa shape index (κ2) is 7.79. The van der Waals surface area contributed by atoms with Crippen molar-refractivity contribution in [3.63, 3.8) is 0 Å². The number of amides is 1. The van der Waals surface area contributed by atoms with Gasteiger partial charge in [0.05, 0.1) is 38.7 Å². The molecule has 1 amide bonds. The molecule has 1 saturated heterocycles. The van der Waals surface area contributed by atoms with E-state index in [1.54, 1.807) is 4.90 Å². The van der Waals surface area contributed by atoms with Crippen LogP contribution in [0.2, 0.25) is 0 Å². The zero-order valence-electron chi connectivity index (χ0n) is 12.7. The van der Waals surface area contributed by atoms with Gasteiger partial charge in [0.1, 0.15) is 5.75 Å². The molecule has 1 aliphatic heterocycles. The van der Waals surface area contributed by atoms with Gasteiger partial charge < -0.3 is 19.5 Å². The van der Waals surface area contributed by atoms with Crippen molar-refractivity contribution in [3.05, 3.63) is 29.8 Å². The molecule has 0 aliphatic carbocycles. The summed E-state index contributed by atoms with van der Waals surface area (Å²) in [6, 6.07) is 6.99. The average molecular weight is 307 g/mol. The van der Waals surface area contributed by atoms with Crippen LogP contribution in [0, 0.1) is 0 Å². The van der Waals surface area contributed by atoms with Crippen molar-refractivity contribution >= 4 is 11.9 Å². The number of benzene rings is 1. The van der Waals surface area contributed by atoms with E-state index >= 15 is 0 Å². The SMILES string of the molecule is CCOc1ccc(CC(=O)N2CCOCC2CC(=O)O)cc1. The number of carbonyl (C=O) groups is 2. The highest BCUT2D eigenvalue weighted by Crippen LogP contribution is 2.16. The van der Waals surface area contributed by atoms with Crippen LogP contribution in [-0.4, -0.2) is 54.3 Å². The Bertz CT molecular complexity index is 514. The Balaban J connectivity index is 1.98. The molecule has 0 bridgehead atoms. The number of aliphatic carboxylic acids is 1. The van der Waals surface area contributed by atoms with Crippen molar-refractivity contribution in [1.82, 2.24) is 4.90 Å². The molecule has 2 rings (SSSR count). The van der Waals surface area contributed by atoms with Crippen molar-refractivity contribution in [2.45, 2.75) is 25.8 Å². The van der Waals surface area contributed by atoms with Crippen LogP contribution in [0.5, 0.6) is 5.75 Å². The maximum atomic E-state index is 12.4. The van der Waals surface area contributed by atoms with Gasteiger partial charge in [0.15, 0.2) is 0 Å². The molecule has 6 nitrogen and oxygen atoms in total. The Kier molecular flexibility index (Phi) is 5.77. The van der Waals surface area contributed by atoms with Crippen molar-refractivity contribution < 1.29 is 24.2 Å². The monoisotopic (exact) mass is 307 g/mol. The van der Waals surface area contributed by atoms with E-state index in [0.717, 1.165) is 11.3 Å². The quantitative estimate of drug-likeness (QED) is 0.858. The molecule has 1 N–H and O–H groups in total. The Morgan fingerprint density at radius 3 is 2.73 bits per heavy atom. The van der Waals surface area contributed by atoms with Gasteiger partial charge >= 0.3 is 5.97 Å². The van der Waals surface area contributed by atoms with Gasteiger partial charge in [0.2, 0.25) is 5.91 Å². The highest BCUT2D eigenvalue weighted by atomic mass is 16.5. The minimum absolute atomic E-state index is 0.0706. The van der Waals surface area contributed by atoms with Gasteiger partial charge in [-0.3, -0.25) is 9.59 Å². The summed E-state index contributed by atoms with van der Waals surface area (Å²) in [7, 11) is 0. The van der Waals surface area contributed by atoms with Crippen molar-refractivity contribution in [3.8, 4) is 5.75 Å². The number of rotatable bonds is 6. The van der Waals surface area contributed by atoms with Crippen LogP contribution in [0.25, 0.3) is 0 Å². The summed E-state index contributed by atoms with van der Waals surface area (Å²) in [5.74, 6) is -0.220. The predicted octanol–water partition coefficient (Wildman–Crippen LogP) is 1.33. The van der Waals surface area contributed by atoms with E-state index in [9.17, 15) is 9.59 Å². The average Bonchev–Trinajstić information content (AvgIpc) is 2.49. The molecule has 0 aromatic heterocycles. The van der Waals surface area contributed by atoms with E-state index in [4.69, 9.17) is 14.6 Å². The van der Waals surface area contributed by atoms with E-state index in [2.05, 4.69) is 0 Å². The molecule has 1 unspecified atom stereocenters. The first kappa shape index (κ1) is 16.3. The summed E-state index contributed by atoms with van der Waals surface area (Å²) in [4.78, 5) is 24.9. The summed E-state index contributed by atoms with van der Waals surface area (Å²) in [5, 5.41) is 8.93. The molecule has 120 valence electrons. The van der Waals surface area contributed by atoms with Crippen LogP contribution in [0.1, 0.15) is 18.9 Å². The first-order valence-electron chi connectivity index (χ1n) is 7.41. The third kappa shape index (κ3) is 4.46. The van der Waals surface area contributed by atoms with Crippen LogP contribution in [0.4, 0.5) is 0 Å². The fourth-order valence-corrected chi connectivity index (χ4v) is 2.50. The Labute approximate surface area is 129 Å². The molecule has 1 heterocycles. The van der Waals surface area contributed by atoms with Crippen LogP contribution < -0.4 is 4.74 Å². The number of morpholine rings is 1. The van der Waals surface area contributed by atoms with Crippen molar-refractivity contribution in [1.29, 1.82) is 0 Å². The number of hydrogen-bond acceptors (Lipinski definition) is 4. The fraction of sp³-hybridized carbons (Fsp3) is 0.500. The number of carboxylic acid groups (broad SMARTS) is 1. The normalized spacial score (nSPS) is 18.0. The molecular formula is C16H21NO5. The molecule has 0 saturated carbocycles. The summed E-state index contributed by atoms with van der Waals surface area (Å²) in [6.07, 6.45) is 0.164. The number of carboxylic acids is 1. The predicted molar refractivity (Wildman–Crippen MR) is 79.9 cm³/mol. The fourth-order valence-electron chi connectivity index (χ4n) is 2.50. The van der Waals surface area contributed by atoms with Crippen LogP contribution in [0.3, 0.4) is 0 Å². The molecule has 6 heteroatoms. The van der Waals surface area contributed by atoms with E-state index in [0.29, 0.717) is 19.8 Å². The first-order chi connectivity index (χ1) is 10.6. The molecule has 0 spiro atoms. The molecule has 22 heavy (non-hydrogen) atoms. The lowest BCUT2D eigenvalue weighted by atomic mass is 10.1. The summed E-state index contributed by atoms with van der Waals surface area (Å²) < 4.78 is 10.6. The minimum atomic E-state index is -0.922. The highest BCUT2D eigenvalue weighted by Gasteiger charge is 2.28. The van der Waals surface area contributed by atoms with Gasteiger partial charge in [-0.05, 0) is 24.6 Å². The largest absolute Gasteiger partial charge is 0.494 e. The lowest BCUT2D eigenvalue weighted by Gasteiger charge is -2.35. The standard InChI is InChI=1S/C16H21NO5/c1-2-22-14-5-3-12(4-6-14)9-15(18)17-7-8-21-11-13(17)10-16(19)20/h3-6,13H,2,7-11H2,1H3,(H,19,20). The Hall–Kier alpha value is -2.08. The van der Waals surface area contributed by atoms with Crippen molar-refractivity contribution in [2.75, 3.05) is 26.4 Å². The number of hydrogen-bond donors (Lipinski definition) is 1. The number of nitrogens with zero attached hydrogens (tertiary/aromatic N) is 1. The summed E-state index contributed by atoms with van der Waals surface area (Å²) in [6.45, 7) is 3.68. The summed E-state index contributed by atoms with van der Waals surface area (Å²) >= 11 is 0. The first-order valence-corrected chi connectivity index (χ1v) is 7.41. The highest BCUT2D eigenvalue weighted by molar-refractivity contribution is 5.80. The molecule has 1 aromatic carbocycles. The van der Waals surface area contributed by atoms with E-state index < -0.39 is 5.97 Å². The number of carbonyl (C=O) groups excluding carboxylic acids is 1. The smallest absolute Gasteiger partial charge is 0.305 e. The summed E-state index contributed by atoms with van der Waals surface area (Å²) in [5.41, 5.74) is 0.883. The second-order valence-corrected chi connectivity index (χ2v) is 5.17. The third-order valence-corrected chi connectivity index (χ3v) is 3.55. The van der Waals surface area contributed by atoms with E-state index in [1.807, 2.05) is 31.2 Å². The van der Waals surface area contributed by atoms with Gasteiger partial charge in [-0.1, -0.05) is 12.1 Å². The van der Waals surface area contributed by atoms with Crippen LogP contribution in [0.15, 0.2) is 24.3 Å². The number of ether oxygens (including phenoxy) is 2. The molecule has 1 atom stereocenters. The Morgan fingerprint density at radius 2 is 2.09 bits per heavy atom. The van der Waals surface area contributed by atoms with Crippen molar-refractivity contribution in [2.24, 2.45) is 0 Å². The van der Waals surface area contributed by atoms with Gasteiger partial charge in [-0.25, -0.2) is 0 Å². The topological polar surface area (TPSA) is 76.1 Å². The maximum absolute atomic E-state index is 12.4. The molecular weight excluding hydrogens is 286 g/mol. The van der Waals surface area contributed by atoms with Gasteiger partial charge in [0.25, 0.3) is 0 Å². The molecule has 1 aliphatic rings. The molecule has 1 fully saturated rings. The lowest BCUT2D eigenvalue weighted by Crippen LogP contribution is -2.50. The van der Waals surface area contributed by atoms with E-state index in [1.165, 1.54) is 0 Å². The van der Waals surface area contributed by atoms with Gasteiger partial charge in [-0.15, -0.1) is 0 Å². The Morgan fingerprint density at radius 1 is 1.36 bits per heavy atom.